The van der Waals surface area contributed by atoms with Crippen molar-refractivity contribution in [3.63, 3.8) is 0 Å². The highest BCUT2D eigenvalue weighted by molar-refractivity contribution is 5.91. The lowest BCUT2D eigenvalue weighted by Gasteiger charge is -2.36. The zero-order valence-electron chi connectivity index (χ0n) is 25.0. The molecule has 8 rings (SSSR count). The number of rotatable bonds is 8. The third-order valence-electron chi connectivity index (χ3n) is 8.40. The van der Waals surface area contributed by atoms with Crippen LogP contribution in [0.5, 0.6) is 0 Å². The van der Waals surface area contributed by atoms with Crippen LogP contribution in [0.25, 0.3) is 39.6 Å². The van der Waals surface area contributed by atoms with Crippen molar-refractivity contribution in [2.75, 3.05) is 43.4 Å². The third kappa shape index (κ3) is 5.15. The molecular weight excluding hydrogens is 593 g/mol. The molecule has 46 heavy (non-hydrogen) atoms. The summed E-state index contributed by atoms with van der Waals surface area (Å²) in [6.45, 7) is 5.98. The maximum Gasteiger partial charge on any atom is 0.316 e. The van der Waals surface area contributed by atoms with Gasteiger partial charge in [-0.05, 0) is 49.6 Å². The van der Waals surface area contributed by atoms with Crippen LogP contribution in [0, 0.1) is 12.7 Å². The Labute approximate surface area is 261 Å². The summed E-state index contributed by atoms with van der Waals surface area (Å²) < 4.78 is 23.5. The van der Waals surface area contributed by atoms with Crippen LogP contribution < -0.4 is 16.0 Å². The predicted octanol–water partition coefficient (Wildman–Crippen LogP) is 2.33. The average molecular weight is 624 g/mol. The van der Waals surface area contributed by atoms with E-state index in [4.69, 9.17) is 15.2 Å². The zero-order chi connectivity index (χ0) is 31.4. The van der Waals surface area contributed by atoms with Crippen molar-refractivity contribution in [3.05, 3.63) is 60.0 Å². The van der Waals surface area contributed by atoms with E-state index in [1.807, 2.05) is 28.6 Å². The molecule has 1 saturated heterocycles. The largest absolute Gasteiger partial charge is 0.368 e. The molecule has 5 aromatic heterocycles. The van der Waals surface area contributed by atoms with E-state index in [0.717, 1.165) is 43.4 Å². The first-order valence-electron chi connectivity index (χ1n) is 15.1. The minimum absolute atomic E-state index is 0.0978. The van der Waals surface area contributed by atoms with E-state index >= 15 is 0 Å². The molecule has 0 unspecified atom stereocenters. The number of nitrogen functional groups attached to an aromatic ring is 1. The van der Waals surface area contributed by atoms with E-state index in [0.29, 0.717) is 53.7 Å². The topological polar surface area (TPSA) is 174 Å². The van der Waals surface area contributed by atoms with Crippen LogP contribution >= 0.6 is 0 Å². The smallest absolute Gasteiger partial charge is 0.316 e. The summed E-state index contributed by atoms with van der Waals surface area (Å²) in [4.78, 5) is 34.5. The molecule has 15 nitrogen and oxygen atoms in total. The number of nitrogens with zero attached hydrogens (tertiary/aromatic N) is 11. The number of piperazine rings is 1. The minimum atomic E-state index is -0.390. The molecule has 0 atom stereocenters. The van der Waals surface area contributed by atoms with Crippen LogP contribution in [0.2, 0.25) is 0 Å². The van der Waals surface area contributed by atoms with Crippen molar-refractivity contribution in [3.8, 4) is 22.9 Å². The highest BCUT2D eigenvalue weighted by Gasteiger charge is 2.27. The zero-order valence-corrected chi connectivity index (χ0v) is 25.0. The number of carbonyl (C=O) groups excluding carboxylic acids is 1. The molecule has 1 saturated carbocycles. The number of hydrogen-bond acceptors (Lipinski definition) is 12. The van der Waals surface area contributed by atoms with Gasteiger partial charge in [0, 0.05) is 50.5 Å². The first kappa shape index (κ1) is 28.0. The van der Waals surface area contributed by atoms with Crippen molar-refractivity contribution in [1.29, 1.82) is 0 Å². The second-order valence-electron chi connectivity index (χ2n) is 11.6. The van der Waals surface area contributed by atoms with E-state index in [1.165, 1.54) is 10.6 Å². The Morgan fingerprint density at radius 1 is 1.07 bits per heavy atom. The highest BCUT2D eigenvalue weighted by atomic mass is 19.1. The Kier molecular flexibility index (Phi) is 6.78. The quantitative estimate of drug-likeness (QED) is 0.254. The lowest BCUT2D eigenvalue weighted by molar-refractivity contribution is 0.0907. The van der Waals surface area contributed by atoms with Gasteiger partial charge in [-0.15, -0.1) is 5.10 Å². The number of aromatic nitrogens is 9. The molecule has 1 amide bonds. The van der Waals surface area contributed by atoms with Crippen molar-refractivity contribution in [2.24, 2.45) is 0 Å². The number of halogens is 1. The fourth-order valence-corrected chi connectivity index (χ4v) is 5.69. The summed E-state index contributed by atoms with van der Waals surface area (Å²) in [7, 11) is 0. The van der Waals surface area contributed by atoms with Gasteiger partial charge < -0.3 is 20.5 Å². The summed E-state index contributed by atoms with van der Waals surface area (Å²) >= 11 is 0. The number of aryl methyl sites for hydroxylation is 1. The fraction of sp³-hybridized carbons (Fsp3) is 0.333. The van der Waals surface area contributed by atoms with Gasteiger partial charge in [-0.3, -0.25) is 14.7 Å². The van der Waals surface area contributed by atoms with Crippen molar-refractivity contribution in [2.45, 2.75) is 32.4 Å². The Balaban J connectivity index is 0.933. The molecule has 3 N–H and O–H groups in total. The summed E-state index contributed by atoms with van der Waals surface area (Å²) in [5.41, 5.74) is 10.2. The van der Waals surface area contributed by atoms with E-state index in [2.05, 4.69) is 40.5 Å². The summed E-state index contributed by atoms with van der Waals surface area (Å²) in [5.74, 6) is 0.115. The lowest BCUT2D eigenvalue weighted by Crippen LogP contribution is -2.47. The average Bonchev–Trinajstić information content (AvgIpc) is 3.42. The Hall–Kier alpha value is -5.51. The third-order valence-corrected chi connectivity index (χ3v) is 8.40. The molecule has 2 aliphatic rings. The van der Waals surface area contributed by atoms with Gasteiger partial charge in [0.05, 0.1) is 23.8 Å². The molecule has 1 aliphatic carbocycles. The molecule has 16 heteroatoms. The van der Waals surface area contributed by atoms with Gasteiger partial charge in [-0.25, -0.2) is 14.1 Å². The van der Waals surface area contributed by atoms with Gasteiger partial charge in [0.1, 0.15) is 11.5 Å². The molecule has 6 heterocycles. The number of pyridine rings is 1. The molecule has 2 fully saturated rings. The van der Waals surface area contributed by atoms with E-state index in [9.17, 15) is 9.18 Å². The van der Waals surface area contributed by atoms with Crippen LogP contribution in [-0.4, -0.2) is 94.1 Å². The van der Waals surface area contributed by atoms with Crippen LogP contribution in [-0.2, 0) is 6.54 Å². The van der Waals surface area contributed by atoms with Crippen LogP contribution in [0.3, 0.4) is 0 Å². The first-order chi connectivity index (χ1) is 22.4. The molecule has 0 radical (unpaired) electrons. The van der Waals surface area contributed by atoms with Crippen molar-refractivity contribution < 1.29 is 13.7 Å². The highest BCUT2D eigenvalue weighted by Crippen LogP contribution is 2.28. The van der Waals surface area contributed by atoms with Gasteiger partial charge in [0.15, 0.2) is 11.3 Å². The summed E-state index contributed by atoms with van der Waals surface area (Å²) in [6, 6.07) is 8.69. The van der Waals surface area contributed by atoms with E-state index < -0.39 is 5.91 Å². The molecule has 1 aromatic carbocycles. The number of nitrogens with two attached hydrogens (primary N) is 1. The fourth-order valence-electron chi connectivity index (χ4n) is 5.69. The van der Waals surface area contributed by atoms with Gasteiger partial charge >= 0.3 is 11.8 Å². The van der Waals surface area contributed by atoms with Crippen LogP contribution in [0.1, 0.15) is 29.1 Å². The van der Waals surface area contributed by atoms with Crippen LogP contribution in [0.4, 0.5) is 16.0 Å². The Morgan fingerprint density at radius 2 is 1.91 bits per heavy atom. The second kappa shape index (κ2) is 11.1. The van der Waals surface area contributed by atoms with Crippen molar-refractivity contribution >= 4 is 34.2 Å². The number of hydrogen-bond donors (Lipinski definition) is 2. The maximum atomic E-state index is 15.0. The minimum Gasteiger partial charge on any atom is -0.368 e. The first-order valence-corrected chi connectivity index (χ1v) is 15.1. The molecule has 234 valence electrons. The standard InChI is InChI=1S/C30H30FN13O2/c1-17-3-2-8-33-23(17)25-36-27-20-16-34-43(26(20)38-30(32)44(27)39-25)14-11-41-9-12-42(13-10-41)22-15-18(4-7-21(22)31)24-37-29(46-40-24)28(45)35-19-5-6-19/h2-4,7-8,15-16,19H,5-6,9-14H2,1H3,(H2,32,38)(H,35,45). The van der Waals surface area contributed by atoms with E-state index in [-0.39, 0.29) is 29.5 Å². The SMILES string of the molecule is Cc1cccnc1-c1nc2c3cnn(CCN4CCN(c5cc(-c6noc(C(=O)NC7CC7)n6)ccc5F)CC4)c3nc(N)n2n1. The number of fused-ring (bicyclic) bond motifs is 3. The van der Waals surface area contributed by atoms with Gasteiger partial charge in [-0.1, -0.05) is 11.2 Å². The molecule has 0 bridgehead atoms. The normalized spacial score (nSPS) is 15.7. The molecule has 1 aliphatic heterocycles. The van der Waals surface area contributed by atoms with Crippen LogP contribution in [0.15, 0.2) is 47.2 Å². The van der Waals surface area contributed by atoms with Gasteiger partial charge in [0.2, 0.25) is 17.6 Å². The Bertz CT molecular complexity index is 2090. The molecule has 0 spiro atoms. The Morgan fingerprint density at radius 3 is 2.72 bits per heavy atom. The number of anilines is 2. The summed E-state index contributed by atoms with van der Waals surface area (Å²) in [5, 5.41) is 16.7. The molecular formula is C30H30FN13O2. The van der Waals surface area contributed by atoms with E-state index in [1.54, 1.807) is 24.5 Å². The summed E-state index contributed by atoms with van der Waals surface area (Å²) in [6.07, 6.45) is 5.35. The number of amides is 1. The lowest BCUT2D eigenvalue weighted by atomic mass is 10.1. The number of carbonyl (C=O) groups is 1. The molecule has 6 aromatic rings. The van der Waals surface area contributed by atoms with Crippen molar-refractivity contribution in [1.82, 2.24) is 54.7 Å². The monoisotopic (exact) mass is 623 g/mol. The maximum absolute atomic E-state index is 15.0. The second-order valence-corrected chi connectivity index (χ2v) is 11.6. The van der Waals surface area contributed by atoms with Gasteiger partial charge in [-0.2, -0.15) is 19.6 Å². The number of benzene rings is 1. The predicted molar refractivity (Wildman–Crippen MR) is 165 cm³/mol. The van der Waals surface area contributed by atoms with Gasteiger partial charge in [0.25, 0.3) is 0 Å². The number of nitrogens with one attached hydrogen (secondary N) is 1.